The van der Waals surface area contributed by atoms with E-state index in [9.17, 15) is 0 Å². The number of hydrogen-bond donors (Lipinski definition) is 2. The van der Waals surface area contributed by atoms with E-state index in [0.29, 0.717) is 36.8 Å². The molecule has 1 radical (unpaired) electrons. The van der Waals surface area contributed by atoms with Crippen molar-refractivity contribution in [3.05, 3.63) is 35.4 Å². The minimum atomic E-state index is -0.833. The van der Waals surface area contributed by atoms with Crippen LogP contribution in [0.2, 0.25) is 0 Å². The van der Waals surface area contributed by atoms with Crippen LogP contribution >= 0.6 is 0 Å². The number of hydrogen-bond acceptors (Lipinski definition) is 6. The summed E-state index contributed by atoms with van der Waals surface area (Å²) in [4.78, 5) is 27.3. The first-order chi connectivity index (χ1) is 14.0. The monoisotopic (exact) mass is 522 g/mol. The summed E-state index contributed by atoms with van der Waals surface area (Å²) in [5.41, 5.74) is 1.75. The van der Waals surface area contributed by atoms with Crippen LogP contribution in [0, 0.1) is 17.9 Å². The largest absolute Gasteiger partial charge is 0.510 e. The zero-order chi connectivity index (χ0) is 22.8. The Morgan fingerprint density at radius 1 is 0.903 bits per heavy atom. The van der Waals surface area contributed by atoms with Gasteiger partial charge in [-0.15, -0.1) is 24.3 Å². The average molecular weight is 522 g/mol. The van der Waals surface area contributed by atoms with Gasteiger partial charge in [0.05, 0.1) is 12.1 Å². The summed E-state index contributed by atoms with van der Waals surface area (Å²) in [7, 11) is 0. The smallest absolute Gasteiger partial charge is 0.300 e. The molecule has 0 saturated carbocycles. The molecule has 0 fully saturated rings. The first-order valence-electron chi connectivity index (χ1n) is 9.84. The predicted molar refractivity (Wildman–Crippen MR) is 114 cm³/mol. The molecule has 2 aliphatic rings. The van der Waals surface area contributed by atoms with Gasteiger partial charge in [0.1, 0.15) is 25.0 Å². The van der Waals surface area contributed by atoms with Gasteiger partial charge in [-0.1, -0.05) is 38.8 Å². The van der Waals surface area contributed by atoms with Crippen LogP contribution in [-0.4, -0.2) is 59.2 Å². The Balaban J connectivity index is 0.000000867. The van der Waals surface area contributed by atoms with Crippen molar-refractivity contribution in [3.8, 4) is 0 Å². The first-order valence-corrected chi connectivity index (χ1v) is 9.84. The van der Waals surface area contributed by atoms with Crippen molar-refractivity contribution in [3.63, 3.8) is 0 Å². The molecule has 0 aliphatic carbocycles. The fourth-order valence-corrected chi connectivity index (χ4v) is 2.48. The zero-order valence-corrected chi connectivity index (χ0v) is 20.3. The molecule has 2 N–H and O–H groups in total. The summed E-state index contributed by atoms with van der Waals surface area (Å²) < 4.78 is 11.5. The van der Waals surface area contributed by atoms with Gasteiger partial charge in [-0.3, -0.25) is 19.6 Å². The molecular formula is C22H31N2O6Rh-. The normalized spacial score (nSPS) is 18.8. The van der Waals surface area contributed by atoms with Gasteiger partial charge in [0.25, 0.3) is 11.9 Å². The van der Waals surface area contributed by atoms with Gasteiger partial charge in [0, 0.05) is 33.3 Å². The summed E-state index contributed by atoms with van der Waals surface area (Å²) in [5, 5.41) is 14.8. The number of aliphatic carboxylic acids is 2. The minimum absolute atomic E-state index is 0. The van der Waals surface area contributed by atoms with Gasteiger partial charge in [-0.25, -0.2) is 0 Å². The fourth-order valence-electron chi connectivity index (χ4n) is 2.48. The number of carbonyl (C=O) groups is 2. The molecule has 1 aromatic carbocycles. The molecule has 3 rings (SSSR count). The van der Waals surface area contributed by atoms with Gasteiger partial charge in [0.15, 0.2) is 0 Å². The summed E-state index contributed by atoms with van der Waals surface area (Å²) in [6.07, 6.45) is 0. The van der Waals surface area contributed by atoms with Gasteiger partial charge in [-0.05, 0) is 11.8 Å². The SMILES string of the molecule is CC(=O)O.CC(=O)O.CC(C)[C@H]1COC(c2[c-]c(C3=N[C@@H](C(C)C)CO3)ccc2)=N1.[Rh]. The van der Waals surface area contributed by atoms with Crippen molar-refractivity contribution < 1.29 is 48.8 Å². The number of nitrogens with zero attached hydrogens (tertiary/aromatic N) is 2. The molecule has 2 heterocycles. The van der Waals surface area contributed by atoms with Crippen molar-refractivity contribution in [2.75, 3.05) is 13.2 Å². The second-order valence-corrected chi connectivity index (χ2v) is 7.63. The quantitative estimate of drug-likeness (QED) is 0.463. The van der Waals surface area contributed by atoms with Crippen molar-refractivity contribution in [2.24, 2.45) is 21.8 Å². The third kappa shape index (κ3) is 10.5. The average Bonchev–Trinajstić information content (AvgIpc) is 3.31. The van der Waals surface area contributed by atoms with Crippen LogP contribution in [0.3, 0.4) is 0 Å². The van der Waals surface area contributed by atoms with Crippen LogP contribution in [0.4, 0.5) is 0 Å². The third-order valence-electron chi connectivity index (χ3n) is 4.14. The van der Waals surface area contributed by atoms with E-state index < -0.39 is 11.9 Å². The molecule has 2 atom stereocenters. The molecule has 2 aliphatic heterocycles. The fraction of sp³-hybridized carbons (Fsp3) is 0.545. The van der Waals surface area contributed by atoms with E-state index in [1.807, 2.05) is 18.2 Å². The number of carboxylic acids is 2. The zero-order valence-electron chi connectivity index (χ0n) is 18.7. The van der Waals surface area contributed by atoms with E-state index in [0.717, 1.165) is 25.0 Å². The Hall–Kier alpha value is -2.28. The van der Waals surface area contributed by atoms with E-state index in [1.165, 1.54) is 0 Å². The molecule has 1 aromatic rings. The number of ether oxygens (including phenoxy) is 2. The van der Waals surface area contributed by atoms with Crippen LogP contribution < -0.4 is 0 Å². The molecule has 0 amide bonds. The van der Waals surface area contributed by atoms with Gasteiger partial charge in [-0.2, -0.15) is 0 Å². The summed E-state index contributed by atoms with van der Waals surface area (Å²) >= 11 is 0. The Morgan fingerprint density at radius 2 is 1.23 bits per heavy atom. The number of carboxylic acid groups (broad SMARTS) is 2. The molecular weight excluding hydrogens is 491 g/mol. The van der Waals surface area contributed by atoms with Crippen molar-refractivity contribution in [2.45, 2.75) is 53.6 Å². The number of benzene rings is 1. The third-order valence-corrected chi connectivity index (χ3v) is 4.14. The molecule has 0 aromatic heterocycles. The van der Waals surface area contributed by atoms with Crippen LogP contribution in [0.1, 0.15) is 52.7 Å². The Bertz CT molecular complexity index is 723. The summed E-state index contributed by atoms with van der Waals surface area (Å²) in [5.74, 6) is 0.657. The van der Waals surface area contributed by atoms with Crippen molar-refractivity contribution >= 4 is 23.7 Å². The molecule has 0 spiro atoms. The first kappa shape index (κ1) is 28.7. The number of aliphatic imine (C=N–C) groups is 2. The van der Waals surface area contributed by atoms with E-state index in [4.69, 9.17) is 29.3 Å². The Morgan fingerprint density at radius 3 is 1.48 bits per heavy atom. The van der Waals surface area contributed by atoms with Crippen LogP contribution in [0.5, 0.6) is 0 Å². The summed E-state index contributed by atoms with van der Waals surface area (Å²) in [6, 6.07) is 9.73. The molecule has 0 saturated heterocycles. The van der Waals surface area contributed by atoms with E-state index in [1.54, 1.807) is 0 Å². The molecule has 9 heteroatoms. The van der Waals surface area contributed by atoms with Crippen LogP contribution in [0.25, 0.3) is 0 Å². The Kier molecular flexibility index (Phi) is 12.9. The maximum Gasteiger partial charge on any atom is 0.300 e. The number of rotatable bonds is 4. The maximum absolute atomic E-state index is 9.00. The van der Waals surface area contributed by atoms with Crippen molar-refractivity contribution in [1.82, 2.24) is 0 Å². The molecule has 175 valence electrons. The predicted octanol–water partition coefficient (Wildman–Crippen LogP) is 3.27. The standard InChI is InChI=1S/C18H23N2O2.2C2H4O2.Rh/c1-11(2)15-9-21-17(19-15)13-6-5-7-14(8-13)18-20-16(10-22-18)12(3)4;2*1-2(3)4;/h5-7,11-12,15-16H,9-10H2,1-4H3;2*1H3,(H,3,4);/q-1;;;/t15-,16-;;;/m1.../s1. The van der Waals surface area contributed by atoms with Gasteiger partial charge >= 0.3 is 0 Å². The Labute approximate surface area is 196 Å². The topological polar surface area (TPSA) is 118 Å². The van der Waals surface area contributed by atoms with Gasteiger partial charge < -0.3 is 19.7 Å². The molecule has 0 unspecified atom stereocenters. The van der Waals surface area contributed by atoms with Crippen LogP contribution in [-0.2, 0) is 38.5 Å². The van der Waals surface area contributed by atoms with E-state index >= 15 is 0 Å². The molecule has 31 heavy (non-hydrogen) atoms. The minimum Gasteiger partial charge on any atom is -0.510 e. The second kappa shape index (κ2) is 13.9. The van der Waals surface area contributed by atoms with Crippen molar-refractivity contribution in [1.29, 1.82) is 0 Å². The van der Waals surface area contributed by atoms with E-state index in [-0.39, 0.29) is 31.6 Å². The molecule has 8 nitrogen and oxygen atoms in total. The van der Waals surface area contributed by atoms with Crippen LogP contribution in [0.15, 0.2) is 28.2 Å². The maximum atomic E-state index is 9.00. The summed E-state index contributed by atoms with van der Waals surface area (Å²) in [6.45, 7) is 12.1. The van der Waals surface area contributed by atoms with Gasteiger partial charge in [0.2, 0.25) is 0 Å². The molecule has 0 bridgehead atoms. The van der Waals surface area contributed by atoms with E-state index in [2.05, 4.69) is 43.7 Å². The second-order valence-electron chi connectivity index (χ2n) is 7.63.